The van der Waals surface area contributed by atoms with E-state index in [-0.39, 0.29) is 5.91 Å². The van der Waals surface area contributed by atoms with E-state index in [1.54, 1.807) is 0 Å². The van der Waals surface area contributed by atoms with Gasteiger partial charge in [0, 0.05) is 6.42 Å². The molecule has 114 valence electrons. The molecule has 0 aromatic carbocycles. The van der Waals surface area contributed by atoms with E-state index in [4.69, 9.17) is 5.73 Å². The Kier molecular flexibility index (Phi) is 14.7. The largest absolute Gasteiger partial charge is 0.370 e. The molecule has 0 bridgehead atoms. The molecule has 0 aromatic rings. The lowest BCUT2D eigenvalue weighted by atomic mass is 10.1. The fraction of sp³-hybridized carbons (Fsp3) is 0.611. The second-order valence-corrected chi connectivity index (χ2v) is 5.09. The van der Waals surface area contributed by atoms with Crippen LogP contribution in [-0.4, -0.2) is 5.91 Å². The summed E-state index contributed by atoms with van der Waals surface area (Å²) >= 11 is 0. The van der Waals surface area contributed by atoms with Crippen LogP contribution >= 0.6 is 0 Å². The number of carbonyl (C=O) groups excluding carboxylic acids is 1. The summed E-state index contributed by atoms with van der Waals surface area (Å²) in [6.45, 7) is 2.23. The van der Waals surface area contributed by atoms with Crippen LogP contribution in [0.25, 0.3) is 0 Å². The molecule has 0 spiro atoms. The maximum Gasteiger partial charge on any atom is 0.217 e. The molecule has 0 aliphatic carbocycles. The second-order valence-electron chi connectivity index (χ2n) is 5.09. The summed E-state index contributed by atoms with van der Waals surface area (Å²) in [4.78, 5) is 10.5. The number of rotatable bonds is 13. The minimum atomic E-state index is -0.195. The van der Waals surface area contributed by atoms with Crippen LogP contribution in [0, 0.1) is 0 Å². The SMILES string of the molecule is CCCCC/C=C/C/C=C/C/C=C/CCCCC(N)=O. The van der Waals surface area contributed by atoms with Crippen LogP contribution in [0.1, 0.15) is 71.1 Å². The highest BCUT2D eigenvalue weighted by molar-refractivity contribution is 5.73. The molecule has 0 aliphatic rings. The van der Waals surface area contributed by atoms with Crippen LogP contribution in [0.2, 0.25) is 0 Å². The zero-order valence-corrected chi connectivity index (χ0v) is 13.0. The second kappa shape index (κ2) is 15.7. The van der Waals surface area contributed by atoms with Crippen molar-refractivity contribution in [1.29, 1.82) is 0 Å². The summed E-state index contributed by atoms with van der Waals surface area (Å²) in [5.41, 5.74) is 5.08. The van der Waals surface area contributed by atoms with Gasteiger partial charge >= 0.3 is 0 Å². The Morgan fingerprint density at radius 2 is 1.30 bits per heavy atom. The molecule has 2 N–H and O–H groups in total. The predicted octanol–water partition coefficient (Wildman–Crippen LogP) is 5.06. The third kappa shape index (κ3) is 16.7. The van der Waals surface area contributed by atoms with Gasteiger partial charge in [-0.25, -0.2) is 0 Å². The summed E-state index contributed by atoms with van der Waals surface area (Å²) in [6.07, 6.45) is 24.0. The lowest BCUT2D eigenvalue weighted by Gasteiger charge is -1.93. The molecule has 0 saturated carbocycles. The molecule has 0 fully saturated rings. The predicted molar refractivity (Wildman–Crippen MR) is 88.5 cm³/mol. The first kappa shape index (κ1) is 18.7. The lowest BCUT2D eigenvalue weighted by Crippen LogP contribution is -2.09. The molecular formula is C18H31NO. The molecule has 0 unspecified atom stereocenters. The van der Waals surface area contributed by atoms with E-state index in [1.165, 1.54) is 25.7 Å². The smallest absolute Gasteiger partial charge is 0.217 e. The summed E-state index contributed by atoms with van der Waals surface area (Å²) in [6, 6.07) is 0. The Morgan fingerprint density at radius 1 is 0.800 bits per heavy atom. The zero-order chi connectivity index (χ0) is 14.9. The van der Waals surface area contributed by atoms with Gasteiger partial charge in [-0.15, -0.1) is 0 Å². The number of primary amides is 1. The summed E-state index contributed by atoms with van der Waals surface area (Å²) in [5, 5.41) is 0. The van der Waals surface area contributed by atoms with Gasteiger partial charge in [0.2, 0.25) is 5.91 Å². The standard InChI is InChI=1S/C18H31NO/c1-2-3-4-5-6-7-8-9-10-11-12-13-14-15-16-17-18(19)20/h6-7,9-10,12-13H,2-5,8,11,14-17H2,1H3,(H2,19,20)/b7-6+,10-9+,13-12+. The number of hydrogen-bond acceptors (Lipinski definition) is 1. The van der Waals surface area contributed by atoms with Crippen molar-refractivity contribution in [3.63, 3.8) is 0 Å². The summed E-state index contributed by atoms with van der Waals surface area (Å²) < 4.78 is 0. The molecule has 0 aliphatic heterocycles. The van der Waals surface area contributed by atoms with Crippen molar-refractivity contribution in [2.45, 2.75) is 71.1 Å². The summed E-state index contributed by atoms with van der Waals surface area (Å²) in [5.74, 6) is -0.195. The maximum absolute atomic E-state index is 10.5. The zero-order valence-electron chi connectivity index (χ0n) is 13.0. The highest BCUT2D eigenvalue weighted by Gasteiger charge is 1.91. The molecule has 0 radical (unpaired) electrons. The van der Waals surface area contributed by atoms with Gasteiger partial charge in [0.25, 0.3) is 0 Å². The van der Waals surface area contributed by atoms with Crippen LogP contribution in [-0.2, 0) is 4.79 Å². The fourth-order valence-electron chi connectivity index (χ4n) is 1.85. The molecule has 0 aromatic heterocycles. The van der Waals surface area contributed by atoms with Gasteiger partial charge in [-0.1, -0.05) is 56.2 Å². The number of carbonyl (C=O) groups is 1. The van der Waals surface area contributed by atoms with Crippen molar-refractivity contribution in [3.8, 4) is 0 Å². The number of hydrogen-bond donors (Lipinski definition) is 1. The van der Waals surface area contributed by atoms with E-state index in [9.17, 15) is 4.79 Å². The van der Waals surface area contributed by atoms with Gasteiger partial charge in [0.15, 0.2) is 0 Å². The Morgan fingerprint density at radius 3 is 1.80 bits per heavy atom. The first-order valence-electron chi connectivity index (χ1n) is 8.00. The van der Waals surface area contributed by atoms with Crippen LogP contribution < -0.4 is 5.73 Å². The lowest BCUT2D eigenvalue weighted by molar-refractivity contribution is -0.118. The number of unbranched alkanes of at least 4 members (excludes halogenated alkanes) is 5. The highest BCUT2D eigenvalue weighted by Crippen LogP contribution is 2.02. The van der Waals surface area contributed by atoms with Crippen molar-refractivity contribution in [2.24, 2.45) is 5.73 Å². The maximum atomic E-state index is 10.5. The van der Waals surface area contributed by atoms with E-state index in [1.807, 2.05) is 0 Å². The molecule has 0 atom stereocenters. The molecular weight excluding hydrogens is 246 g/mol. The molecule has 0 heterocycles. The van der Waals surface area contributed by atoms with Gasteiger partial charge < -0.3 is 5.73 Å². The molecule has 2 nitrogen and oxygen atoms in total. The Hall–Kier alpha value is -1.31. The topological polar surface area (TPSA) is 43.1 Å². The van der Waals surface area contributed by atoms with Gasteiger partial charge in [-0.2, -0.15) is 0 Å². The van der Waals surface area contributed by atoms with E-state index in [0.29, 0.717) is 6.42 Å². The van der Waals surface area contributed by atoms with Crippen LogP contribution in [0.5, 0.6) is 0 Å². The van der Waals surface area contributed by atoms with Crippen molar-refractivity contribution >= 4 is 5.91 Å². The number of amides is 1. The Labute approximate surface area is 124 Å². The quantitative estimate of drug-likeness (QED) is 0.371. The van der Waals surface area contributed by atoms with Crippen molar-refractivity contribution < 1.29 is 4.79 Å². The summed E-state index contributed by atoms with van der Waals surface area (Å²) in [7, 11) is 0. The number of allylic oxidation sites excluding steroid dienone is 6. The number of nitrogens with two attached hydrogens (primary N) is 1. The first-order valence-corrected chi connectivity index (χ1v) is 8.00. The highest BCUT2D eigenvalue weighted by atomic mass is 16.1. The first-order chi connectivity index (χ1) is 9.77. The minimum Gasteiger partial charge on any atom is -0.370 e. The molecule has 20 heavy (non-hydrogen) atoms. The van der Waals surface area contributed by atoms with Gasteiger partial charge in [-0.05, 0) is 44.9 Å². The van der Waals surface area contributed by atoms with Gasteiger partial charge in [0.1, 0.15) is 0 Å². The minimum absolute atomic E-state index is 0.195. The van der Waals surface area contributed by atoms with Crippen molar-refractivity contribution in [2.75, 3.05) is 0 Å². The van der Waals surface area contributed by atoms with E-state index < -0.39 is 0 Å². The Balaban J connectivity index is 3.32. The molecule has 1 amide bonds. The van der Waals surface area contributed by atoms with Gasteiger partial charge in [-0.3, -0.25) is 4.79 Å². The molecule has 0 rings (SSSR count). The molecule has 0 saturated heterocycles. The van der Waals surface area contributed by atoms with Crippen molar-refractivity contribution in [1.82, 2.24) is 0 Å². The molecule has 2 heteroatoms. The van der Waals surface area contributed by atoms with Gasteiger partial charge in [0.05, 0.1) is 0 Å². The van der Waals surface area contributed by atoms with E-state index >= 15 is 0 Å². The normalized spacial score (nSPS) is 12.1. The average Bonchev–Trinajstić information content (AvgIpc) is 2.43. The van der Waals surface area contributed by atoms with E-state index in [0.717, 1.165) is 32.1 Å². The van der Waals surface area contributed by atoms with Crippen molar-refractivity contribution in [3.05, 3.63) is 36.5 Å². The van der Waals surface area contributed by atoms with Crippen LogP contribution in [0.4, 0.5) is 0 Å². The monoisotopic (exact) mass is 277 g/mol. The third-order valence-electron chi connectivity index (χ3n) is 3.06. The van der Waals surface area contributed by atoms with Crippen LogP contribution in [0.3, 0.4) is 0 Å². The van der Waals surface area contributed by atoms with E-state index in [2.05, 4.69) is 43.4 Å². The average molecular weight is 277 g/mol. The fourth-order valence-corrected chi connectivity index (χ4v) is 1.85. The third-order valence-corrected chi connectivity index (χ3v) is 3.06. The Bertz CT molecular complexity index is 303. The van der Waals surface area contributed by atoms with Crippen LogP contribution in [0.15, 0.2) is 36.5 Å².